The van der Waals surface area contributed by atoms with E-state index >= 15 is 0 Å². The van der Waals surface area contributed by atoms with Crippen LogP contribution < -0.4 is 5.32 Å². The van der Waals surface area contributed by atoms with Gasteiger partial charge in [-0.25, -0.2) is 0 Å². The summed E-state index contributed by atoms with van der Waals surface area (Å²) in [5.74, 6) is -0.145. The second kappa shape index (κ2) is 5.73. The fourth-order valence-electron chi connectivity index (χ4n) is 1.60. The molecule has 0 aliphatic heterocycles. The maximum Gasteiger partial charge on any atom is 0.273 e. The molecule has 1 aromatic carbocycles. The Morgan fingerprint density at radius 3 is 2.61 bits per heavy atom. The number of aryl methyl sites for hydroxylation is 2. The molecular formula is C13H15N3OS. The monoisotopic (exact) mass is 261 g/mol. The maximum atomic E-state index is 11.8. The van der Waals surface area contributed by atoms with E-state index in [1.165, 1.54) is 22.7 Å². The number of aromatic nitrogens is 2. The maximum absolute atomic E-state index is 11.8. The van der Waals surface area contributed by atoms with Crippen molar-refractivity contribution in [3.63, 3.8) is 0 Å². The minimum Gasteiger partial charge on any atom is -0.350 e. The van der Waals surface area contributed by atoms with Crippen molar-refractivity contribution in [2.24, 2.45) is 0 Å². The van der Waals surface area contributed by atoms with E-state index in [4.69, 9.17) is 0 Å². The molecule has 0 saturated heterocycles. The summed E-state index contributed by atoms with van der Waals surface area (Å²) in [4.78, 5) is 12.6. The number of benzene rings is 1. The van der Waals surface area contributed by atoms with Crippen LogP contribution in [-0.2, 0) is 6.42 Å². The van der Waals surface area contributed by atoms with Crippen LogP contribution in [0.5, 0.6) is 0 Å². The highest BCUT2D eigenvalue weighted by atomic mass is 32.1. The molecule has 0 aliphatic carbocycles. The molecule has 1 aromatic heterocycles. The van der Waals surface area contributed by atoms with Crippen molar-refractivity contribution in [3.8, 4) is 0 Å². The zero-order valence-electron chi connectivity index (χ0n) is 10.4. The summed E-state index contributed by atoms with van der Waals surface area (Å²) in [5, 5.41) is 6.66. The second-order valence-corrected chi connectivity index (χ2v) is 5.13. The number of carbonyl (C=O) groups is 1. The Hall–Kier alpha value is -1.75. The van der Waals surface area contributed by atoms with Gasteiger partial charge in [0.15, 0.2) is 5.69 Å². The molecule has 2 rings (SSSR count). The van der Waals surface area contributed by atoms with Gasteiger partial charge < -0.3 is 5.32 Å². The lowest BCUT2D eigenvalue weighted by atomic mass is 10.1. The van der Waals surface area contributed by atoms with Crippen LogP contribution in [0.25, 0.3) is 0 Å². The van der Waals surface area contributed by atoms with Gasteiger partial charge in [-0.2, -0.15) is 0 Å². The highest BCUT2D eigenvalue weighted by Crippen LogP contribution is 2.07. The molecule has 0 saturated carbocycles. The number of rotatable bonds is 4. The summed E-state index contributed by atoms with van der Waals surface area (Å²) in [6.07, 6.45) is 0.822. The summed E-state index contributed by atoms with van der Waals surface area (Å²) in [6, 6.07) is 8.31. The zero-order valence-corrected chi connectivity index (χ0v) is 11.3. The molecule has 5 heteroatoms. The molecule has 1 N–H and O–H groups in total. The number of hydrogen-bond acceptors (Lipinski definition) is 4. The quantitative estimate of drug-likeness (QED) is 0.917. The number of carbonyl (C=O) groups excluding carboxylic acids is 1. The summed E-state index contributed by atoms with van der Waals surface area (Å²) in [7, 11) is 0. The molecular weight excluding hydrogens is 246 g/mol. The van der Waals surface area contributed by atoms with E-state index in [1.807, 2.05) is 6.92 Å². The van der Waals surface area contributed by atoms with Gasteiger partial charge in [-0.3, -0.25) is 4.79 Å². The Morgan fingerprint density at radius 2 is 2.00 bits per heavy atom. The average molecular weight is 261 g/mol. The molecule has 0 spiro atoms. The van der Waals surface area contributed by atoms with Gasteiger partial charge in [-0.15, -0.1) is 5.10 Å². The van der Waals surface area contributed by atoms with Gasteiger partial charge in [0.2, 0.25) is 0 Å². The Bertz CT molecular complexity index is 533. The third-order valence-corrected chi connectivity index (χ3v) is 3.32. The Labute approximate surface area is 110 Å². The Kier molecular flexibility index (Phi) is 4.04. The van der Waals surface area contributed by atoms with Gasteiger partial charge in [0.25, 0.3) is 5.91 Å². The number of amides is 1. The second-order valence-electron chi connectivity index (χ2n) is 4.17. The lowest BCUT2D eigenvalue weighted by molar-refractivity contribution is 0.0948. The first-order valence-corrected chi connectivity index (χ1v) is 6.57. The normalized spacial score (nSPS) is 10.3. The fraction of sp³-hybridized carbons (Fsp3) is 0.308. The molecule has 4 nitrogen and oxygen atoms in total. The van der Waals surface area contributed by atoms with Gasteiger partial charge in [-0.1, -0.05) is 34.3 Å². The van der Waals surface area contributed by atoms with E-state index in [0.29, 0.717) is 12.2 Å². The molecule has 0 unspecified atom stereocenters. The summed E-state index contributed by atoms with van der Waals surface area (Å²) in [5.41, 5.74) is 2.89. The third-order valence-electron chi connectivity index (χ3n) is 2.69. The minimum absolute atomic E-state index is 0.145. The van der Waals surface area contributed by atoms with E-state index in [1.54, 1.807) is 0 Å². The van der Waals surface area contributed by atoms with E-state index in [0.717, 1.165) is 11.3 Å². The highest BCUT2D eigenvalue weighted by molar-refractivity contribution is 7.05. The van der Waals surface area contributed by atoms with Crippen molar-refractivity contribution in [2.75, 3.05) is 6.54 Å². The summed E-state index contributed by atoms with van der Waals surface area (Å²) >= 11 is 1.24. The first-order valence-electron chi connectivity index (χ1n) is 5.79. The van der Waals surface area contributed by atoms with Crippen molar-refractivity contribution in [2.45, 2.75) is 20.3 Å². The summed E-state index contributed by atoms with van der Waals surface area (Å²) in [6.45, 7) is 4.52. The Balaban J connectivity index is 1.84. The van der Waals surface area contributed by atoms with Gasteiger partial charge in [0.05, 0.1) is 4.88 Å². The third kappa shape index (κ3) is 3.13. The van der Waals surface area contributed by atoms with Crippen molar-refractivity contribution in [1.29, 1.82) is 0 Å². The van der Waals surface area contributed by atoms with Crippen molar-refractivity contribution >= 4 is 17.4 Å². The largest absolute Gasteiger partial charge is 0.350 e. The van der Waals surface area contributed by atoms with Crippen molar-refractivity contribution < 1.29 is 4.79 Å². The molecule has 1 amide bonds. The van der Waals surface area contributed by atoms with E-state index in [-0.39, 0.29) is 5.91 Å². The molecule has 0 fully saturated rings. The van der Waals surface area contributed by atoms with Crippen LogP contribution in [0.4, 0.5) is 0 Å². The molecule has 0 aliphatic rings. The smallest absolute Gasteiger partial charge is 0.273 e. The molecule has 0 bridgehead atoms. The van der Waals surface area contributed by atoms with Crippen LogP contribution in [0.15, 0.2) is 24.3 Å². The van der Waals surface area contributed by atoms with Gasteiger partial charge in [-0.05, 0) is 37.4 Å². The average Bonchev–Trinajstić information content (AvgIpc) is 2.78. The first kappa shape index (κ1) is 12.7. The van der Waals surface area contributed by atoms with Crippen molar-refractivity contribution in [3.05, 3.63) is 46.0 Å². The number of nitrogens with zero attached hydrogens (tertiary/aromatic N) is 2. The van der Waals surface area contributed by atoms with Crippen LogP contribution in [0.2, 0.25) is 0 Å². The molecule has 18 heavy (non-hydrogen) atoms. The van der Waals surface area contributed by atoms with Crippen LogP contribution in [0.1, 0.15) is 26.5 Å². The molecule has 0 atom stereocenters. The lowest BCUT2D eigenvalue weighted by Crippen LogP contribution is -2.26. The van der Waals surface area contributed by atoms with E-state index in [2.05, 4.69) is 46.1 Å². The van der Waals surface area contributed by atoms with E-state index in [9.17, 15) is 4.79 Å². The van der Waals surface area contributed by atoms with Gasteiger partial charge in [0.1, 0.15) is 0 Å². The lowest BCUT2D eigenvalue weighted by Gasteiger charge is -2.04. The van der Waals surface area contributed by atoms with Crippen LogP contribution in [0, 0.1) is 13.8 Å². The number of nitrogens with one attached hydrogen (secondary N) is 1. The zero-order chi connectivity index (χ0) is 13.0. The van der Waals surface area contributed by atoms with Crippen LogP contribution in [0.3, 0.4) is 0 Å². The van der Waals surface area contributed by atoms with Crippen molar-refractivity contribution in [1.82, 2.24) is 14.9 Å². The topological polar surface area (TPSA) is 54.9 Å². The number of hydrogen-bond donors (Lipinski definition) is 1. The van der Waals surface area contributed by atoms with E-state index < -0.39 is 0 Å². The molecule has 2 aromatic rings. The SMILES string of the molecule is Cc1ccc(CCNC(=O)c2nnsc2C)cc1. The van der Waals surface area contributed by atoms with Gasteiger partial charge >= 0.3 is 0 Å². The fourth-order valence-corrected chi connectivity index (χ4v) is 2.07. The minimum atomic E-state index is -0.145. The molecule has 1 heterocycles. The first-order chi connectivity index (χ1) is 8.66. The summed E-state index contributed by atoms with van der Waals surface area (Å²) < 4.78 is 3.75. The molecule has 0 radical (unpaired) electrons. The van der Waals surface area contributed by atoms with Crippen LogP contribution >= 0.6 is 11.5 Å². The van der Waals surface area contributed by atoms with Gasteiger partial charge in [0, 0.05) is 6.54 Å². The van der Waals surface area contributed by atoms with Crippen LogP contribution in [-0.4, -0.2) is 22.0 Å². The standard InChI is InChI=1S/C13H15N3OS/c1-9-3-5-11(6-4-9)7-8-14-13(17)12-10(2)18-16-15-12/h3-6H,7-8H2,1-2H3,(H,14,17). The predicted octanol–water partition coefficient (Wildman–Crippen LogP) is 2.13. The highest BCUT2D eigenvalue weighted by Gasteiger charge is 2.12. The Morgan fingerprint density at radius 1 is 1.28 bits per heavy atom. The molecule has 94 valence electrons. The predicted molar refractivity (Wildman–Crippen MR) is 71.9 cm³/mol.